The fraction of sp³-hybridized carbons (Fsp3) is 0.444. The first-order valence-corrected chi connectivity index (χ1v) is 8.68. The number of H-pyrrole nitrogens is 1. The van der Waals surface area contributed by atoms with Crippen LogP contribution in [0.5, 0.6) is 0 Å². The second kappa shape index (κ2) is 7.32. The molecule has 0 saturated carbocycles. The van der Waals surface area contributed by atoms with E-state index in [9.17, 15) is 4.79 Å². The number of fused-ring (bicyclic) bond motifs is 1. The van der Waals surface area contributed by atoms with E-state index in [1.807, 2.05) is 30.0 Å². The molecular weight excluding hydrogens is 322 g/mol. The van der Waals surface area contributed by atoms with Gasteiger partial charge in [-0.25, -0.2) is 0 Å². The van der Waals surface area contributed by atoms with Crippen molar-refractivity contribution in [1.82, 2.24) is 15.2 Å². The average molecular weight is 345 g/mol. The Morgan fingerprint density at radius 3 is 3.00 bits per heavy atom. The highest BCUT2D eigenvalue weighted by molar-refractivity contribution is 7.80. The number of hydrogen-bond donors (Lipinski definition) is 2. The molecule has 1 aliphatic rings. The fourth-order valence-corrected chi connectivity index (χ4v) is 3.24. The van der Waals surface area contributed by atoms with Gasteiger partial charge in [0.25, 0.3) is 5.56 Å². The van der Waals surface area contributed by atoms with Crippen LogP contribution in [0.3, 0.4) is 0 Å². The standard InChI is InChI=1S/C18H23N3O2S/c1-12-5-6-16-13(8-12)9-14(17(22)20-16)10-21(18(24)19-2)11-15-4-3-7-23-15/h5-6,8-9,15H,3-4,7,10-11H2,1-2H3,(H,19,24)(H,20,22)/t15-/m0/s1. The molecule has 0 amide bonds. The summed E-state index contributed by atoms with van der Waals surface area (Å²) >= 11 is 5.42. The number of hydrogen-bond acceptors (Lipinski definition) is 3. The van der Waals surface area contributed by atoms with Crippen LogP contribution >= 0.6 is 12.2 Å². The van der Waals surface area contributed by atoms with Crippen molar-refractivity contribution in [2.24, 2.45) is 0 Å². The minimum absolute atomic E-state index is 0.0670. The molecule has 1 fully saturated rings. The highest BCUT2D eigenvalue weighted by atomic mass is 32.1. The van der Waals surface area contributed by atoms with Gasteiger partial charge in [-0.05, 0) is 55.6 Å². The number of benzene rings is 1. The zero-order valence-corrected chi connectivity index (χ0v) is 14.9. The highest BCUT2D eigenvalue weighted by Gasteiger charge is 2.21. The molecule has 1 aromatic carbocycles. The average Bonchev–Trinajstić information content (AvgIpc) is 3.07. The molecule has 1 atom stereocenters. The lowest BCUT2D eigenvalue weighted by molar-refractivity contribution is 0.0898. The first kappa shape index (κ1) is 16.9. The minimum Gasteiger partial charge on any atom is -0.376 e. The van der Waals surface area contributed by atoms with Crippen molar-refractivity contribution in [3.8, 4) is 0 Å². The SMILES string of the molecule is CNC(=S)N(Cc1cc2cc(C)ccc2[nH]c1=O)C[C@@H]1CCCO1. The van der Waals surface area contributed by atoms with Crippen molar-refractivity contribution < 1.29 is 4.74 Å². The molecule has 2 aromatic rings. The van der Waals surface area contributed by atoms with Gasteiger partial charge in [-0.1, -0.05) is 11.6 Å². The Bertz CT molecular complexity index is 796. The first-order valence-electron chi connectivity index (χ1n) is 8.27. The molecule has 0 unspecified atom stereocenters. The van der Waals surface area contributed by atoms with Crippen molar-refractivity contribution in [2.45, 2.75) is 32.4 Å². The van der Waals surface area contributed by atoms with Crippen LogP contribution in [0.2, 0.25) is 0 Å². The van der Waals surface area contributed by atoms with Crippen LogP contribution < -0.4 is 10.9 Å². The van der Waals surface area contributed by atoms with E-state index in [1.165, 1.54) is 5.56 Å². The third-order valence-corrected chi connectivity index (χ3v) is 4.85. The van der Waals surface area contributed by atoms with Crippen molar-refractivity contribution >= 4 is 28.2 Å². The third-order valence-electron chi connectivity index (χ3n) is 4.39. The van der Waals surface area contributed by atoms with E-state index >= 15 is 0 Å². The van der Waals surface area contributed by atoms with E-state index in [2.05, 4.69) is 16.4 Å². The lowest BCUT2D eigenvalue weighted by Gasteiger charge is -2.27. The molecule has 1 aliphatic heterocycles. The van der Waals surface area contributed by atoms with E-state index < -0.39 is 0 Å². The zero-order valence-electron chi connectivity index (χ0n) is 14.1. The molecule has 5 nitrogen and oxygen atoms in total. The predicted octanol–water partition coefficient (Wildman–Crippen LogP) is 2.32. The van der Waals surface area contributed by atoms with Gasteiger partial charge in [0.2, 0.25) is 0 Å². The molecule has 0 bridgehead atoms. The molecule has 6 heteroatoms. The van der Waals surface area contributed by atoms with Crippen LogP contribution in [0.4, 0.5) is 0 Å². The minimum atomic E-state index is -0.0670. The molecule has 1 aromatic heterocycles. The molecule has 128 valence electrons. The maximum absolute atomic E-state index is 12.4. The van der Waals surface area contributed by atoms with Gasteiger partial charge in [0.15, 0.2) is 5.11 Å². The van der Waals surface area contributed by atoms with E-state index in [4.69, 9.17) is 17.0 Å². The molecule has 2 heterocycles. The van der Waals surface area contributed by atoms with Gasteiger partial charge >= 0.3 is 0 Å². The lowest BCUT2D eigenvalue weighted by Crippen LogP contribution is -2.42. The molecule has 2 N–H and O–H groups in total. The summed E-state index contributed by atoms with van der Waals surface area (Å²) in [6.45, 7) is 4.02. The molecule has 1 saturated heterocycles. The first-order chi connectivity index (χ1) is 11.6. The van der Waals surface area contributed by atoms with Gasteiger partial charge in [0.1, 0.15) is 0 Å². The molecule has 0 spiro atoms. The Kier molecular flexibility index (Phi) is 5.16. The largest absolute Gasteiger partial charge is 0.376 e. The van der Waals surface area contributed by atoms with Crippen LogP contribution in [0.25, 0.3) is 10.9 Å². The summed E-state index contributed by atoms with van der Waals surface area (Å²) in [6, 6.07) is 7.98. The third kappa shape index (κ3) is 3.76. The summed E-state index contributed by atoms with van der Waals surface area (Å²) in [5, 5.41) is 4.69. The topological polar surface area (TPSA) is 57.4 Å². The molecule has 3 rings (SSSR count). The smallest absolute Gasteiger partial charge is 0.253 e. The van der Waals surface area contributed by atoms with Crippen LogP contribution in [0, 0.1) is 6.92 Å². The number of ether oxygens (including phenoxy) is 1. The van der Waals surface area contributed by atoms with E-state index in [0.29, 0.717) is 23.8 Å². The number of pyridine rings is 1. The monoisotopic (exact) mass is 345 g/mol. The van der Waals surface area contributed by atoms with Gasteiger partial charge in [-0.15, -0.1) is 0 Å². The summed E-state index contributed by atoms with van der Waals surface area (Å²) in [7, 11) is 1.80. The van der Waals surface area contributed by atoms with Crippen molar-refractivity contribution in [1.29, 1.82) is 0 Å². The number of nitrogens with one attached hydrogen (secondary N) is 2. The van der Waals surface area contributed by atoms with Crippen molar-refractivity contribution in [3.05, 3.63) is 45.7 Å². The number of thiocarbonyl (C=S) groups is 1. The van der Waals surface area contributed by atoms with Crippen molar-refractivity contribution in [3.63, 3.8) is 0 Å². The lowest BCUT2D eigenvalue weighted by atomic mass is 10.1. The Balaban J connectivity index is 1.87. The summed E-state index contributed by atoms with van der Waals surface area (Å²) in [6.07, 6.45) is 2.30. The predicted molar refractivity (Wildman–Crippen MR) is 100 cm³/mol. The quantitative estimate of drug-likeness (QED) is 0.833. The fourth-order valence-electron chi connectivity index (χ4n) is 3.11. The van der Waals surface area contributed by atoms with Gasteiger partial charge in [-0.2, -0.15) is 0 Å². The second-order valence-corrected chi connectivity index (χ2v) is 6.67. The summed E-state index contributed by atoms with van der Waals surface area (Å²) in [5.74, 6) is 0. The summed E-state index contributed by atoms with van der Waals surface area (Å²) < 4.78 is 5.72. The Morgan fingerprint density at radius 1 is 1.46 bits per heavy atom. The molecule has 24 heavy (non-hydrogen) atoms. The molecular formula is C18H23N3O2S. The summed E-state index contributed by atoms with van der Waals surface area (Å²) in [5.41, 5.74) is 2.67. The number of aromatic amines is 1. The van der Waals surface area contributed by atoms with Crippen molar-refractivity contribution in [2.75, 3.05) is 20.2 Å². The normalized spacial score (nSPS) is 17.2. The Morgan fingerprint density at radius 2 is 2.29 bits per heavy atom. The van der Waals surface area contributed by atoms with Gasteiger partial charge in [-0.3, -0.25) is 4.79 Å². The van der Waals surface area contributed by atoms with Gasteiger partial charge < -0.3 is 19.9 Å². The second-order valence-electron chi connectivity index (χ2n) is 6.29. The Labute approximate surface area is 147 Å². The van der Waals surface area contributed by atoms with Gasteiger partial charge in [0.05, 0.1) is 12.6 Å². The number of rotatable bonds is 4. The molecule has 0 radical (unpaired) electrons. The van der Waals surface area contributed by atoms with Gasteiger partial charge in [0, 0.05) is 31.3 Å². The van der Waals surface area contributed by atoms with Crippen LogP contribution in [0.15, 0.2) is 29.1 Å². The van der Waals surface area contributed by atoms with Crippen LogP contribution in [0.1, 0.15) is 24.0 Å². The molecule has 0 aliphatic carbocycles. The number of aryl methyl sites for hydroxylation is 1. The van der Waals surface area contributed by atoms with E-state index in [0.717, 1.165) is 30.4 Å². The van der Waals surface area contributed by atoms with Crippen LogP contribution in [-0.4, -0.2) is 41.3 Å². The maximum atomic E-state index is 12.4. The van der Waals surface area contributed by atoms with E-state index in [-0.39, 0.29) is 11.7 Å². The van der Waals surface area contributed by atoms with Crippen LogP contribution in [-0.2, 0) is 11.3 Å². The Hall–Kier alpha value is -1.92. The van der Waals surface area contributed by atoms with E-state index in [1.54, 1.807) is 7.05 Å². The maximum Gasteiger partial charge on any atom is 0.253 e. The number of nitrogens with zero attached hydrogens (tertiary/aromatic N) is 1. The number of aromatic nitrogens is 1. The summed E-state index contributed by atoms with van der Waals surface area (Å²) in [4.78, 5) is 17.4. The zero-order chi connectivity index (χ0) is 17.1. The highest BCUT2D eigenvalue weighted by Crippen LogP contribution is 2.17.